The van der Waals surface area contributed by atoms with E-state index in [0.29, 0.717) is 0 Å². The predicted octanol–water partition coefficient (Wildman–Crippen LogP) is 18.8. The number of imidazole rings is 3. The highest BCUT2D eigenvalue weighted by molar-refractivity contribution is 5.97. The van der Waals surface area contributed by atoms with Crippen LogP contribution in [-0.4, -0.2) is 50.6 Å². The second-order valence-corrected chi connectivity index (χ2v) is 20.4. The number of hydrogen-bond acceptors (Lipinski definition) is 6. The number of hydrogen-bond donors (Lipinski definition) is 2. The molecular weight excluding hydrogens is 1010 g/mol. The smallest absolute Gasteiger partial charge is 0.145 e. The largest absolute Gasteiger partial charge is 0.345 e. The third-order valence-corrected chi connectivity index (χ3v) is 15.3. The van der Waals surface area contributed by atoms with Crippen LogP contribution in [0.25, 0.3) is 94.5 Å². The monoisotopic (exact) mass is 1070 g/mol. The molecule has 0 aliphatic heterocycles. The van der Waals surface area contributed by atoms with E-state index in [9.17, 15) is 0 Å². The third-order valence-electron chi connectivity index (χ3n) is 15.3. The first-order chi connectivity index (χ1) is 40.9. The molecule has 0 atom stereocenters. The van der Waals surface area contributed by atoms with Gasteiger partial charge in [0.2, 0.25) is 0 Å². The average molecular weight is 1070 g/mol. The molecule has 15 aromatic rings. The molecule has 3 aromatic heterocycles. The van der Waals surface area contributed by atoms with Gasteiger partial charge in [0.15, 0.2) is 0 Å². The Morgan fingerprint density at radius 1 is 0.301 bits per heavy atom. The van der Waals surface area contributed by atoms with Crippen molar-refractivity contribution in [3.05, 3.63) is 291 Å². The zero-order valence-corrected chi connectivity index (χ0v) is 46.3. The quantitative estimate of drug-likeness (QED) is 0.142. The first-order valence-electron chi connectivity index (χ1n) is 27.9. The summed E-state index contributed by atoms with van der Waals surface area (Å²) in [6.45, 7) is 0. The molecule has 0 unspecified atom stereocenters. The molecule has 9 heteroatoms. The van der Waals surface area contributed by atoms with E-state index in [1.807, 2.05) is 60.7 Å². The van der Waals surface area contributed by atoms with E-state index < -0.39 is 0 Å². The normalized spacial score (nSPS) is 11.1. The Hall–Kier alpha value is -11.0. The van der Waals surface area contributed by atoms with E-state index >= 15 is 0 Å². The van der Waals surface area contributed by atoms with Crippen molar-refractivity contribution in [2.45, 2.75) is 0 Å². The minimum absolute atomic E-state index is 0.899. The number of benzene rings is 12. The molecule has 2 N–H and O–H groups in total. The van der Waals surface area contributed by atoms with Crippen LogP contribution < -0.4 is 14.7 Å². The van der Waals surface area contributed by atoms with Gasteiger partial charge in [-0.05, 0) is 156 Å². The first-order valence-corrected chi connectivity index (χ1v) is 27.9. The maximum atomic E-state index is 4.98. The van der Waals surface area contributed by atoms with Crippen molar-refractivity contribution in [2.24, 2.45) is 0 Å². The van der Waals surface area contributed by atoms with Gasteiger partial charge >= 0.3 is 0 Å². The highest BCUT2D eigenvalue weighted by Gasteiger charge is 2.16. The Kier molecular flexibility index (Phi) is 14.2. The van der Waals surface area contributed by atoms with Gasteiger partial charge in [-0.15, -0.1) is 0 Å². The molecule has 3 heterocycles. The number of H-pyrrole nitrogens is 2. The number of para-hydroxylation sites is 8. The van der Waals surface area contributed by atoms with Crippen LogP contribution in [0.15, 0.2) is 291 Å². The van der Waals surface area contributed by atoms with Gasteiger partial charge in [-0.1, -0.05) is 146 Å². The van der Waals surface area contributed by atoms with Gasteiger partial charge in [0.05, 0.1) is 33.1 Å². The summed E-state index contributed by atoms with van der Waals surface area (Å²) in [4.78, 5) is 27.7. The van der Waals surface area contributed by atoms with Crippen molar-refractivity contribution in [2.75, 3.05) is 35.8 Å². The maximum absolute atomic E-state index is 4.98. The second-order valence-electron chi connectivity index (χ2n) is 20.4. The van der Waals surface area contributed by atoms with Crippen LogP contribution in [0, 0.1) is 0 Å². The molecule has 0 amide bonds. The standard InChI is InChI=1S/C30H23N3.C24H19N3.C20H17N3/c1-32(28-17-9-11-22-10-5-6-14-26(22)28)24-20-18-23(19-21-24)30-31-27-15-7-8-16-29(27)33(30)25-12-3-2-4-13-25;1-27(23-12-6-8-17-7-2-3-9-20(17)23)19-15-13-18(14-16-19)24-25-21-10-4-5-11-22(21)26-24;1-23(16-7-3-2-4-8-16)17-13-11-15(12-14-17)20-21-18-9-5-6-10-19(18)22-20/h2-21H,1H3;2-16H,1H3,(H,25,26);2-14H,1H3,(H,21,22). The van der Waals surface area contributed by atoms with Gasteiger partial charge in [-0.25, -0.2) is 15.0 Å². The molecule has 0 saturated heterocycles. The summed E-state index contributed by atoms with van der Waals surface area (Å²) in [6, 6.07) is 101. The number of nitrogens with zero attached hydrogens (tertiary/aromatic N) is 7. The van der Waals surface area contributed by atoms with Crippen molar-refractivity contribution >= 4 is 88.8 Å². The van der Waals surface area contributed by atoms with Gasteiger partial charge in [0, 0.05) is 88.4 Å². The Morgan fingerprint density at radius 2 is 0.687 bits per heavy atom. The molecule has 9 nitrogen and oxygen atoms in total. The van der Waals surface area contributed by atoms with Crippen molar-refractivity contribution < 1.29 is 0 Å². The van der Waals surface area contributed by atoms with Crippen LogP contribution in [0.4, 0.5) is 34.1 Å². The van der Waals surface area contributed by atoms with E-state index in [1.165, 1.54) is 38.6 Å². The van der Waals surface area contributed by atoms with E-state index in [1.54, 1.807) is 0 Å². The van der Waals surface area contributed by atoms with Gasteiger partial charge < -0.3 is 24.7 Å². The summed E-state index contributed by atoms with van der Waals surface area (Å²) >= 11 is 0. The topological polar surface area (TPSA) is 84.9 Å². The lowest BCUT2D eigenvalue weighted by Gasteiger charge is -2.22. The van der Waals surface area contributed by atoms with Crippen LogP contribution in [0.3, 0.4) is 0 Å². The van der Waals surface area contributed by atoms with Crippen LogP contribution >= 0.6 is 0 Å². The highest BCUT2D eigenvalue weighted by atomic mass is 15.1. The van der Waals surface area contributed by atoms with E-state index in [0.717, 1.165) is 90.0 Å². The molecule has 12 aromatic carbocycles. The van der Waals surface area contributed by atoms with Crippen LogP contribution in [0.2, 0.25) is 0 Å². The Bertz CT molecular complexity index is 4590. The summed E-state index contributed by atoms with van der Waals surface area (Å²) in [7, 11) is 6.31. The summed E-state index contributed by atoms with van der Waals surface area (Å²) in [5, 5.41) is 5.00. The van der Waals surface area contributed by atoms with Crippen LogP contribution in [0.5, 0.6) is 0 Å². The Morgan fingerprint density at radius 3 is 1.19 bits per heavy atom. The number of rotatable bonds is 10. The number of aromatic nitrogens is 6. The fraction of sp³-hybridized carbons (Fsp3) is 0.0405. The molecule has 0 spiro atoms. The maximum Gasteiger partial charge on any atom is 0.145 e. The molecular formula is C74H59N9. The highest BCUT2D eigenvalue weighted by Crippen LogP contribution is 2.36. The number of anilines is 6. The van der Waals surface area contributed by atoms with E-state index in [-0.39, 0.29) is 0 Å². The number of nitrogens with one attached hydrogen (secondary N) is 2. The minimum atomic E-state index is 0.899. The van der Waals surface area contributed by atoms with Gasteiger partial charge in [0.1, 0.15) is 17.5 Å². The molecule has 0 radical (unpaired) electrons. The lowest BCUT2D eigenvalue weighted by Crippen LogP contribution is -2.09. The van der Waals surface area contributed by atoms with Gasteiger partial charge in [0.25, 0.3) is 0 Å². The summed E-state index contributed by atoms with van der Waals surface area (Å²) in [5.74, 6) is 2.75. The molecule has 0 saturated carbocycles. The SMILES string of the molecule is CN(c1ccc(-c2nc3ccccc3[nH]2)cc1)c1cccc2ccccc12.CN(c1ccc(-c2nc3ccccc3n2-c2ccccc2)cc1)c1cccc2ccccc12.CN(c1ccccc1)c1ccc(-c2nc3ccccc3[nH]2)cc1. The van der Waals surface area contributed by atoms with Crippen molar-refractivity contribution in [1.82, 2.24) is 29.5 Å². The minimum Gasteiger partial charge on any atom is -0.345 e. The average Bonchev–Trinajstić information content (AvgIpc) is 4.45. The zero-order chi connectivity index (χ0) is 56.1. The summed E-state index contributed by atoms with van der Waals surface area (Å²) in [6.07, 6.45) is 0. The summed E-state index contributed by atoms with van der Waals surface area (Å²) < 4.78 is 2.23. The van der Waals surface area contributed by atoms with Crippen LogP contribution in [0.1, 0.15) is 0 Å². The zero-order valence-electron chi connectivity index (χ0n) is 46.3. The third kappa shape index (κ3) is 10.7. The molecule has 0 aliphatic carbocycles. The molecule has 0 fully saturated rings. The first kappa shape index (κ1) is 51.4. The van der Waals surface area contributed by atoms with E-state index in [2.05, 4.69) is 291 Å². The number of fused-ring (bicyclic) bond motifs is 5. The molecule has 0 aliphatic rings. The van der Waals surface area contributed by atoms with Crippen molar-refractivity contribution in [3.63, 3.8) is 0 Å². The van der Waals surface area contributed by atoms with Crippen molar-refractivity contribution in [1.29, 1.82) is 0 Å². The lowest BCUT2D eigenvalue weighted by atomic mass is 10.1. The molecule has 400 valence electrons. The second kappa shape index (κ2) is 23.0. The van der Waals surface area contributed by atoms with Gasteiger partial charge in [-0.2, -0.15) is 0 Å². The lowest BCUT2D eigenvalue weighted by molar-refractivity contribution is 1.10. The van der Waals surface area contributed by atoms with E-state index in [4.69, 9.17) is 4.98 Å². The fourth-order valence-electron chi connectivity index (χ4n) is 10.8. The predicted molar refractivity (Wildman–Crippen MR) is 348 cm³/mol. The molecule has 83 heavy (non-hydrogen) atoms. The van der Waals surface area contributed by atoms with Gasteiger partial charge in [-0.3, -0.25) is 4.57 Å². The fourth-order valence-corrected chi connectivity index (χ4v) is 10.8. The molecule has 15 rings (SSSR count). The molecule has 0 bridgehead atoms. The Labute approximate surface area is 482 Å². The van der Waals surface area contributed by atoms with Crippen molar-refractivity contribution in [3.8, 4) is 39.9 Å². The summed E-state index contributed by atoms with van der Waals surface area (Å²) in [5.41, 5.74) is 17.6. The van der Waals surface area contributed by atoms with Crippen LogP contribution in [-0.2, 0) is 0 Å². The number of aromatic amines is 2. The Balaban J connectivity index is 0.000000119.